The fraction of sp³-hybridized carbons (Fsp3) is 0.286. The SMILES string of the molecule is Cc1ccc(CN2CC(c3nc(-c4cccc(C)c4)no3)CC2=O)cc1. The molecule has 1 amide bonds. The average Bonchev–Trinajstić information content (AvgIpc) is 3.24. The van der Waals surface area contributed by atoms with Crippen LogP contribution in [0.5, 0.6) is 0 Å². The molecule has 1 aromatic heterocycles. The molecule has 26 heavy (non-hydrogen) atoms. The highest BCUT2D eigenvalue weighted by Crippen LogP contribution is 2.29. The van der Waals surface area contributed by atoms with E-state index in [0.717, 1.165) is 16.7 Å². The third kappa shape index (κ3) is 3.38. The third-order valence-corrected chi connectivity index (χ3v) is 4.78. The zero-order chi connectivity index (χ0) is 18.1. The van der Waals surface area contributed by atoms with Crippen LogP contribution in [0.1, 0.15) is 34.9 Å². The van der Waals surface area contributed by atoms with E-state index in [1.807, 2.05) is 36.1 Å². The Morgan fingerprint density at radius 3 is 2.69 bits per heavy atom. The van der Waals surface area contributed by atoms with Crippen molar-refractivity contribution in [1.29, 1.82) is 0 Å². The molecule has 132 valence electrons. The Bertz CT molecular complexity index is 930. The summed E-state index contributed by atoms with van der Waals surface area (Å²) in [5, 5.41) is 4.10. The summed E-state index contributed by atoms with van der Waals surface area (Å²) in [4.78, 5) is 18.8. The first-order valence-electron chi connectivity index (χ1n) is 8.82. The maximum Gasteiger partial charge on any atom is 0.232 e. The Morgan fingerprint density at radius 2 is 1.92 bits per heavy atom. The zero-order valence-corrected chi connectivity index (χ0v) is 15.0. The molecule has 3 aromatic rings. The molecule has 2 aromatic carbocycles. The lowest BCUT2D eigenvalue weighted by Crippen LogP contribution is -2.24. The highest BCUT2D eigenvalue weighted by Gasteiger charge is 2.34. The van der Waals surface area contributed by atoms with E-state index in [1.54, 1.807) is 0 Å². The van der Waals surface area contributed by atoms with Crippen LogP contribution in [0.25, 0.3) is 11.4 Å². The summed E-state index contributed by atoms with van der Waals surface area (Å²) in [7, 11) is 0. The Balaban J connectivity index is 1.48. The molecule has 0 saturated carbocycles. The van der Waals surface area contributed by atoms with Crippen LogP contribution in [0, 0.1) is 13.8 Å². The second-order valence-corrected chi connectivity index (χ2v) is 6.99. The van der Waals surface area contributed by atoms with Gasteiger partial charge in [-0.1, -0.05) is 58.7 Å². The van der Waals surface area contributed by atoms with Crippen molar-refractivity contribution < 1.29 is 9.32 Å². The van der Waals surface area contributed by atoms with Crippen LogP contribution in [0.15, 0.2) is 53.1 Å². The van der Waals surface area contributed by atoms with E-state index in [0.29, 0.717) is 31.2 Å². The van der Waals surface area contributed by atoms with Crippen LogP contribution in [-0.4, -0.2) is 27.5 Å². The van der Waals surface area contributed by atoms with Crippen molar-refractivity contribution in [3.63, 3.8) is 0 Å². The lowest BCUT2D eigenvalue weighted by Gasteiger charge is -2.16. The molecule has 0 radical (unpaired) electrons. The molecule has 4 rings (SSSR count). The van der Waals surface area contributed by atoms with Crippen LogP contribution >= 0.6 is 0 Å². The van der Waals surface area contributed by atoms with Gasteiger partial charge in [0.05, 0.1) is 5.92 Å². The van der Waals surface area contributed by atoms with Crippen molar-refractivity contribution in [2.45, 2.75) is 32.7 Å². The molecule has 1 aliphatic rings. The Morgan fingerprint density at radius 1 is 1.12 bits per heavy atom. The summed E-state index contributed by atoms with van der Waals surface area (Å²) >= 11 is 0. The highest BCUT2D eigenvalue weighted by atomic mass is 16.5. The van der Waals surface area contributed by atoms with E-state index in [9.17, 15) is 4.79 Å². The highest BCUT2D eigenvalue weighted by molar-refractivity contribution is 5.79. The minimum absolute atomic E-state index is 0.0426. The van der Waals surface area contributed by atoms with Crippen molar-refractivity contribution in [2.75, 3.05) is 6.54 Å². The van der Waals surface area contributed by atoms with Crippen LogP contribution in [0.4, 0.5) is 0 Å². The van der Waals surface area contributed by atoms with Crippen molar-refractivity contribution >= 4 is 5.91 Å². The van der Waals surface area contributed by atoms with E-state index >= 15 is 0 Å². The summed E-state index contributed by atoms with van der Waals surface area (Å²) in [6, 6.07) is 16.3. The molecule has 0 aliphatic carbocycles. The molecule has 1 saturated heterocycles. The molecule has 0 spiro atoms. The van der Waals surface area contributed by atoms with Gasteiger partial charge in [0.15, 0.2) is 0 Å². The predicted octanol–water partition coefficient (Wildman–Crippen LogP) is 3.87. The second-order valence-electron chi connectivity index (χ2n) is 6.99. The Kier molecular flexibility index (Phi) is 4.29. The molecule has 0 N–H and O–H groups in total. The number of aromatic nitrogens is 2. The molecule has 1 atom stereocenters. The molecule has 1 unspecified atom stereocenters. The molecular formula is C21H21N3O2. The van der Waals surface area contributed by atoms with Gasteiger partial charge < -0.3 is 9.42 Å². The van der Waals surface area contributed by atoms with Gasteiger partial charge in [0, 0.05) is 25.1 Å². The number of carbonyl (C=O) groups is 1. The van der Waals surface area contributed by atoms with E-state index in [1.165, 1.54) is 5.56 Å². The summed E-state index contributed by atoms with van der Waals surface area (Å²) in [6.45, 7) is 5.32. The molecule has 5 heteroatoms. The van der Waals surface area contributed by atoms with Gasteiger partial charge >= 0.3 is 0 Å². The van der Waals surface area contributed by atoms with E-state index in [4.69, 9.17) is 4.52 Å². The summed E-state index contributed by atoms with van der Waals surface area (Å²) < 4.78 is 5.47. The first-order valence-corrected chi connectivity index (χ1v) is 8.82. The standard InChI is InChI=1S/C21H21N3O2/c1-14-6-8-16(9-7-14)12-24-13-18(11-19(24)25)21-22-20(23-26-21)17-5-3-4-15(2)10-17/h3-10,18H,11-13H2,1-2H3. The van der Waals surface area contributed by atoms with Crippen molar-refractivity contribution in [3.05, 3.63) is 71.1 Å². The predicted molar refractivity (Wildman–Crippen MR) is 98.4 cm³/mol. The summed E-state index contributed by atoms with van der Waals surface area (Å²) in [5.41, 5.74) is 4.43. The molecule has 5 nitrogen and oxygen atoms in total. The van der Waals surface area contributed by atoms with E-state index < -0.39 is 0 Å². The van der Waals surface area contributed by atoms with Gasteiger partial charge in [-0.3, -0.25) is 4.79 Å². The van der Waals surface area contributed by atoms with Crippen molar-refractivity contribution in [3.8, 4) is 11.4 Å². The second kappa shape index (κ2) is 6.75. The Hall–Kier alpha value is -2.95. The van der Waals surface area contributed by atoms with Gasteiger partial charge in [0.1, 0.15) is 0 Å². The van der Waals surface area contributed by atoms with Crippen LogP contribution < -0.4 is 0 Å². The first kappa shape index (κ1) is 16.5. The van der Waals surface area contributed by atoms with Crippen molar-refractivity contribution in [2.24, 2.45) is 0 Å². The summed E-state index contributed by atoms with van der Waals surface area (Å²) in [6.07, 6.45) is 0.418. The molecule has 1 aliphatic heterocycles. The lowest BCUT2D eigenvalue weighted by molar-refractivity contribution is -0.128. The monoisotopic (exact) mass is 347 g/mol. The number of amides is 1. The van der Waals surface area contributed by atoms with Gasteiger partial charge in [-0.25, -0.2) is 0 Å². The Labute approximate surface area is 152 Å². The van der Waals surface area contributed by atoms with Gasteiger partial charge in [0.25, 0.3) is 0 Å². The van der Waals surface area contributed by atoms with Crippen LogP contribution in [0.2, 0.25) is 0 Å². The van der Waals surface area contributed by atoms with Crippen LogP contribution in [0.3, 0.4) is 0 Å². The lowest BCUT2D eigenvalue weighted by atomic mass is 10.1. The quantitative estimate of drug-likeness (QED) is 0.719. The number of hydrogen-bond donors (Lipinski definition) is 0. The minimum atomic E-state index is -0.0426. The molecule has 0 bridgehead atoms. The van der Waals surface area contributed by atoms with E-state index in [-0.39, 0.29) is 11.8 Å². The molecule has 2 heterocycles. The zero-order valence-electron chi connectivity index (χ0n) is 15.0. The number of aryl methyl sites for hydroxylation is 2. The molecule has 1 fully saturated rings. The fourth-order valence-corrected chi connectivity index (χ4v) is 3.31. The molecular weight excluding hydrogens is 326 g/mol. The third-order valence-electron chi connectivity index (χ3n) is 4.78. The van der Waals surface area contributed by atoms with Gasteiger partial charge in [-0.05, 0) is 25.5 Å². The van der Waals surface area contributed by atoms with Crippen molar-refractivity contribution in [1.82, 2.24) is 15.0 Å². The maximum absolute atomic E-state index is 12.4. The largest absolute Gasteiger partial charge is 0.339 e. The normalized spacial score (nSPS) is 17.1. The summed E-state index contributed by atoms with van der Waals surface area (Å²) in [5.74, 6) is 1.21. The number of hydrogen-bond acceptors (Lipinski definition) is 4. The van der Waals surface area contributed by atoms with E-state index in [2.05, 4.69) is 41.3 Å². The van der Waals surface area contributed by atoms with Gasteiger partial charge in [0.2, 0.25) is 17.6 Å². The minimum Gasteiger partial charge on any atom is -0.339 e. The fourth-order valence-electron chi connectivity index (χ4n) is 3.31. The number of rotatable bonds is 4. The van der Waals surface area contributed by atoms with Gasteiger partial charge in [-0.2, -0.15) is 4.98 Å². The number of nitrogens with zero attached hydrogens (tertiary/aromatic N) is 3. The topological polar surface area (TPSA) is 59.2 Å². The first-order chi connectivity index (χ1) is 12.6. The van der Waals surface area contributed by atoms with Crippen LogP contribution in [-0.2, 0) is 11.3 Å². The maximum atomic E-state index is 12.4. The number of likely N-dealkylation sites (tertiary alicyclic amines) is 1. The number of benzene rings is 2. The van der Waals surface area contributed by atoms with Gasteiger partial charge in [-0.15, -0.1) is 0 Å². The average molecular weight is 347 g/mol. The number of carbonyl (C=O) groups excluding carboxylic acids is 1. The smallest absolute Gasteiger partial charge is 0.232 e.